The lowest BCUT2D eigenvalue weighted by atomic mass is 10.1. The number of fused-ring (bicyclic) bond motifs is 2. The number of nitrogens with zero attached hydrogens (tertiary/aromatic N) is 2. The van der Waals surface area contributed by atoms with Crippen LogP contribution >= 0.6 is 0 Å². The van der Waals surface area contributed by atoms with Gasteiger partial charge >= 0.3 is 0 Å². The molecule has 0 spiro atoms. The molecule has 8 rings (SSSR count). The SMILES string of the molecule is c1ccc(-c2cc(-c3ccccc3)nc(-c3cccc([Si]4(c5ccccc5)c5ccccc5Oc5ccccc54)c3)n2)cc1. The van der Waals surface area contributed by atoms with Crippen LogP contribution in [0.1, 0.15) is 0 Å². The highest BCUT2D eigenvalue weighted by Crippen LogP contribution is 2.31. The third-order valence-corrected chi connectivity index (χ3v) is 13.2. The molecular formula is C40H28N2OSi. The summed E-state index contributed by atoms with van der Waals surface area (Å²) in [5.41, 5.74) is 4.91. The van der Waals surface area contributed by atoms with Gasteiger partial charge in [0.05, 0.1) is 11.4 Å². The maximum absolute atomic E-state index is 6.53. The molecule has 6 aromatic carbocycles. The van der Waals surface area contributed by atoms with Crippen LogP contribution in [0.4, 0.5) is 0 Å². The van der Waals surface area contributed by atoms with E-state index < -0.39 is 8.07 Å². The molecular weight excluding hydrogens is 553 g/mol. The molecule has 0 fully saturated rings. The molecule has 0 amide bonds. The van der Waals surface area contributed by atoms with Crippen LogP contribution in [0.3, 0.4) is 0 Å². The first-order valence-electron chi connectivity index (χ1n) is 14.8. The third-order valence-electron chi connectivity index (χ3n) is 8.43. The van der Waals surface area contributed by atoms with Gasteiger partial charge in [0.25, 0.3) is 0 Å². The molecule has 2 heterocycles. The van der Waals surface area contributed by atoms with Gasteiger partial charge in [0.15, 0.2) is 13.9 Å². The van der Waals surface area contributed by atoms with E-state index in [4.69, 9.17) is 14.7 Å². The fourth-order valence-corrected chi connectivity index (χ4v) is 11.4. The van der Waals surface area contributed by atoms with Crippen molar-refractivity contribution in [2.75, 3.05) is 0 Å². The summed E-state index contributed by atoms with van der Waals surface area (Å²) >= 11 is 0. The molecule has 44 heavy (non-hydrogen) atoms. The highest BCUT2D eigenvalue weighted by molar-refractivity contribution is 7.20. The van der Waals surface area contributed by atoms with Crippen molar-refractivity contribution in [1.82, 2.24) is 9.97 Å². The summed E-state index contributed by atoms with van der Waals surface area (Å²) in [4.78, 5) is 10.3. The number of para-hydroxylation sites is 2. The zero-order valence-electron chi connectivity index (χ0n) is 24.0. The van der Waals surface area contributed by atoms with Gasteiger partial charge < -0.3 is 4.74 Å². The molecule has 1 aromatic heterocycles. The molecule has 0 bridgehead atoms. The van der Waals surface area contributed by atoms with Gasteiger partial charge in [-0.15, -0.1) is 0 Å². The van der Waals surface area contributed by atoms with Crippen molar-refractivity contribution >= 4 is 28.8 Å². The lowest BCUT2D eigenvalue weighted by Gasteiger charge is -2.39. The van der Waals surface area contributed by atoms with Crippen molar-refractivity contribution in [3.05, 3.63) is 170 Å². The lowest BCUT2D eigenvalue weighted by molar-refractivity contribution is 0.487. The molecule has 0 radical (unpaired) electrons. The Morgan fingerprint density at radius 3 is 1.41 bits per heavy atom. The van der Waals surface area contributed by atoms with E-state index in [-0.39, 0.29) is 0 Å². The summed E-state index contributed by atoms with van der Waals surface area (Å²) in [6, 6.07) is 59.6. The minimum Gasteiger partial charge on any atom is -0.458 e. The smallest absolute Gasteiger partial charge is 0.188 e. The second-order valence-corrected chi connectivity index (χ2v) is 14.7. The van der Waals surface area contributed by atoms with Crippen LogP contribution in [0, 0.1) is 0 Å². The van der Waals surface area contributed by atoms with E-state index in [1.165, 1.54) is 20.7 Å². The van der Waals surface area contributed by atoms with E-state index in [0.717, 1.165) is 39.6 Å². The minimum absolute atomic E-state index is 0.706. The van der Waals surface area contributed by atoms with Crippen LogP contribution < -0.4 is 25.5 Å². The average Bonchev–Trinajstić information content (AvgIpc) is 3.11. The first-order chi connectivity index (χ1) is 21.8. The van der Waals surface area contributed by atoms with Gasteiger partial charge in [0, 0.05) is 16.7 Å². The Labute approximate surface area is 258 Å². The van der Waals surface area contributed by atoms with E-state index in [0.29, 0.717) is 5.82 Å². The Bertz CT molecular complexity index is 1990. The van der Waals surface area contributed by atoms with Crippen molar-refractivity contribution in [3.8, 4) is 45.4 Å². The molecule has 4 heteroatoms. The van der Waals surface area contributed by atoms with Gasteiger partial charge in [0.2, 0.25) is 0 Å². The van der Waals surface area contributed by atoms with E-state index in [2.05, 4.69) is 158 Å². The number of ether oxygens (including phenoxy) is 1. The largest absolute Gasteiger partial charge is 0.458 e. The highest BCUT2D eigenvalue weighted by Gasteiger charge is 2.47. The van der Waals surface area contributed by atoms with Gasteiger partial charge in [0.1, 0.15) is 11.5 Å². The van der Waals surface area contributed by atoms with Gasteiger partial charge in [-0.05, 0) is 38.9 Å². The van der Waals surface area contributed by atoms with Crippen LogP contribution in [0.25, 0.3) is 33.9 Å². The molecule has 0 unspecified atom stereocenters. The monoisotopic (exact) mass is 580 g/mol. The molecule has 0 saturated carbocycles. The number of hydrogen-bond acceptors (Lipinski definition) is 3. The summed E-state index contributed by atoms with van der Waals surface area (Å²) in [6.07, 6.45) is 0. The van der Waals surface area contributed by atoms with Crippen molar-refractivity contribution in [2.45, 2.75) is 0 Å². The number of aromatic nitrogens is 2. The van der Waals surface area contributed by atoms with E-state index in [9.17, 15) is 0 Å². The lowest BCUT2D eigenvalue weighted by Crippen LogP contribution is -2.76. The molecule has 7 aromatic rings. The van der Waals surface area contributed by atoms with Crippen molar-refractivity contribution in [3.63, 3.8) is 0 Å². The van der Waals surface area contributed by atoms with Gasteiger partial charge in [-0.25, -0.2) is 9.97 Å². The quantitative estimate of drug-likeness (QED) is 0.207. The molecule has 0 atom stereocenters. The van der Waals surface area contributed by atoms with Crippen LogP contribution in [-0.2, 0) is 0 Å². The van der Waals surface area contributed by atoms with Crippen LogP contribution in [-0.4, -0.2) is 18.0 Å². The summed E-state index contributed by atoms with van der Waals surface area (Å²) in [7, 11) is -2.78. The first-order valence-corrected chi connectivity index (χ1v) is 16.8. The van der Waals surface area contributed by atoms with Crippen molar-refractivity contribution < 1.29 is 4.74 Å². The Kier molecular flexibility index (Phi) is 6.47. The van der Waals surface area contributed by atoms with Crippen LogP contribution in [0.5, 0.6) is 11.5 Å². The first kappa shape index (κ1) is 26.1. The number of benzene rings is 6. The van der Waals surface area contributed by atoms with E-state index >= 15 is 0 Å². The molecule has 0 saturated heterocycles. The Morgan fingerprint density at radius 1 is 0.386 bits per heavy atom. The van der Waals surface area contributed by atoms with Gasteiger partial charge in [-0.1, -0.05) is 152 Å². The fourth-order valence-electron chi connectivity index (χ4n) is 6.45. The van der Waals surface area contributed by atoms with Gasteiger partial charge in [-0.2, -0.15) is 0 Å². The average molecular weight is 581 g/mol. The zero-order chi connectivity index (χ0) is 29.3. The maximum atomic E-state index is 6.53. The zero-order valence-corrected chi connectivity index (χ0v) is 25.0. The second kappa shape index (κ2) is 10.9. The standard InChI is InChI=1S/C40H28N2OSi/c1-4-15-29(16-5-1)34-28-35(30-17-6-2-7-18-30)42-40(41-34)31-19-14-22-33(27-31)44(32-20-8-3-9-21-32)38-25-12-10-23-36(38)43-37-24-11-13-26-39(37)44/h1-28H. The summed E-state index contributed by atoms with van der Waals surface area (Å²) in [6.45, 7) is 0. The Balaban J connectivity index is 1.39. The predicted molar refractivity (Wildman–Crippen MR) is 182 cm³/mol. The summed E-state index contributed by atoms with van der Waals surface area (Å²) < 4.78 is 6.53. The van der Waals surface area contributed by atoms with Gasteiger partial charge in [-0.3, -0.25) is 0 Å². The Hall–Kier alpha value is -5.58. The maximum Gasteiger partial charge on any atom is 0.188 e. The van der Waals surface area contributed by atoms with Crippen molar-refractivity contribution in [1.29, 1.82) is 0 Å². The van der Waals surface area contributed by atoms with Crippen molar-refractivity contribution in [2.24, 2.45) is 0 Å². The van der Waals surface area contributed by atoms with E-state index in [1.54, 1.807) is 0 Å². The molecule has 1 aliphatic rings. The molecule has 0 aliphatic carbocycles. The second-order valence-electron chi connectivity index (χ2n) is 11.0. The molecule has 208 valence electrons. The molecule has 3 nitrogen and oxygen atoms in total. The topological polar surface area (TPSA) is 35.0 Å². The van der Waals surface area contributed by atoms with E-state index in [1.807, 2.05) is 12.1 Å². The minimum atomic E-state index is -2.78. The molecule has 1 aliphatic heterocycles. The van der Waals surface area contributed by atoms with Crippen LogP contribution in [0.15, 0.2) is 170 Å². The third kappa shape index (κ3) is 4.35. The summed E-state index contributed by atoms with van der Waals surface area (Å²) in [5, 5.41) is 5.06. The number of rotatable bonds is 5. The van der Waals surface area contributed by atoms with Crippen LogP contribution in [0.2, 0.25) is 0 Å². The Morgan fingerprint density at radius 2 is 0.841 bits per heavy atom. The highest BCUT2D eigenvalue weighted by atomic mass is 28.3. The molecule has 0 N–H and O–H groups in total. The summed E-state index contributed by atoms with van der Waals surface area (Å²) in [5.74, 6) is 2.54. The predicted octanol–water partition coefficient (Wildman–Crippen LogP) is 6.96. The normalized spacial score (nSPS) is 12.9. The number of hydrogen-bond donors (Lipinski definition) is 0. The fraction of sp³-hybridized carbons (Fsp3) is 0.